The molecule has 1 aliphatic heterocycles. The predicted molar refractivity (Wildman–Crippen MR) is 111 cm³/mol. The van der Waals surface area contributed by atoms with Crippen molar-refractivity contribution < 1.29 is 18.0 Å². The Labute approximate surface area is 170 Å². The van der Waals surface area contributed by atoms with Gasteiger partial charge in [0.05, 0.1) is 24.2 Å². The summed E-state index contributed by atoms with van der Waals surface area (Å²) >= 11 is 0. The van der Waals surface area contributed by atoms with Gasteiger partial charge in [-0.05, 0) is 56.0 Å². The minimum Gasteiger partial charge on any atom is -0.327 e. The molecule has 1 aliphatic rings. The van der Waals surface area contributed by atoms with E-state index >= 15 is 0 Å². The zero-order chi connectivity index (χ0) is 21.0. The predicted octanol–water partition coefficient (Wildman–Crippen LogP) is 2.45. The van der Waals surface area contributed by atoms with E-state index in [1.165, 1.54) is 6.20 Å². The maximum absolute atomic E-state index is 12.8. The van der Waals surface area contributed by atoms with Gasteiger partial charge in [0, 0.05) is 17.9 Å². The fourth-order valence-electron chi connectivity index (χ4n) is 3.37. The van der Waals surface area contributed by atoms with E-state index in [4.69, 9.17) is 0 Å². The number of aryl methyl sites for hydroxylation is 1. The van der Waals surface area contributed by atoms with Crippen molar-refractivity contribution in [3.05, 3.63) is 53.9 Å². The summed E-state index contributed by atoms with van der Waals surface area (Å²) in [7, 11) is -3.36. The molecular weight excluding hydrogens is 392 g/mol. The second kappa shape index (κ2) is 8.60. The summed E-state index contributed by atoms with van der Waals surface area (Å²) < 4.78 is 25.1. The molecule has 2 amide bonds. The van der Waals surface area contributed by atoms with Crippen LogP contribution < -0.4 is 10.0 Å². The van der Waals surface area contributed by atoms with Crippen molar-refractivity contribution in [2.45, 2.75) is 32.2 Å². The lowest BCUT2D eigenvalue weighted by Gasteiger charge is -2.35. The number of amides is 2. The van der Waals surface area contributed by atoms with Crippen LogP contribution >= 0.6 is 0 Å². The van der Waals surface area contributed by atoms with E-state index < -0.39 is 21.8 Å². The van der Waals surface area contributed by atoms with Crippen molar-refractivity contribution in [2.75, 3.05) is 22.8 Å². The van der Waals surface area contributed by atoms with Crippen molar-refractivity contribution in [1.82, 2.24) is 9.88 Å². The van der Waals surface area contributed by atoms with Crippen molar-refractivity contribution in [3.8, 4) is 0 Å². The number of hydrogen-bond acceptors (Lipinski definition) is 5. The zero-order valence-corrected chi connectivity index (χ0v) is 17.2. The lowest BCUT2D eigenvalue weighted by molar-refractivity contribution is -0.145. The van der Waals surface area contributed by atoms with Crippen LogP contribution in [0, 0.1) is 6.92 Å². The Morgan fingerprint density at radius 1 is 1.07 bits per heavy atom. The number of pyridine rings is 1. The molecule has 0 aliphatic carbocycles. The molecule has 2 aromatic rings. The molecule has 9 heteroatoms. The summed E-state index contributed by atoms with van der Waals surface area (Å²) in [5.74, 6) is -1.29. The summed E-state index contributed by atoms with van der Waals surface area (Å²) in [6.07, 6.45) is 5.12. The van der Waals surface area contributed by atoms with Gasteiger partial charge < -0.3 is 10.2 Å². The van der Waals surface area contributed by atoms with Crippen molar-refractivity contribution in [1.29, 1.82) is 0 Å². The quantitative estimate of drug-likeness (QED) is 0.744. The molecule has 154 valence electrons. The Morgan fingerprint density at radius 3 is 2.38 bits per heavy atom. The van der Waals surface area contributed by atoms with E-state index in [1.807, 2.05) is 6.92 Å². The number of carbonyl (C=O) groups is 2. The molecule has 2 heterocycles. The van der Waals surface area contributed by atoms with Crippen LogP contribution in [0.4, 0.5) is 11.4 Å². The van der Waals surface area contributed by atoms with E-state index in [1.54, 1.807) is 41.3 Å². The number of rotatable bonds is 4. The fourth-order valence-corrected chi connectivity index (χ4v) is 3.93. The highest BCUT2D eigenvalue weighted by Crippen LogP contribution is 2.32. The largest absolute Gasteiger partial charge is 0.327 e. The number of piperidine rings is 1. The SMILES string of the molecule is Cc1ccc(NC(=O)C(=O)N2CCCC[C@H]2c2ccc(NS(C)(=O)=O)cc2)cn1. The number of sulfonamides is 1. The molecular formula is C20H24N4O4S. The molecule has 0 saturated carbocycles. The van der Waals surface area contributed by atoms with E-state index in [2.05, 4.69) is 15.0 Å². The summed E-state index contributed by atoms with van der Waals surface area (Å²) in [6, 6.07) is 10.1. The van der Waals surface area contributed by atoms with Crippen LogP contribution in [0.3, 0.4) is 0 Å². The van der Waals surface area contributed by atoms with E-state index in [0.29, 0.717) is 17.9 Å². The van der Waals surface area contributed by atoms with Crippen LogP contribution in [-0.4, -0.2) is 42.9 Å². The van der Waals surface area contributed by atoms with Gasteiger partial charge in [0.1, 0.15) is 0 Å². The summed E-state index contributed by atoms with van der Waals surface area (Å²) in [4.78, 5) is 31.0. The van der Waals surface area contributed by atoms with Crippen LogP contribution in [0.5, 0.6) is 0 Å². The minimum atomic E-state index is -3.36. The van der Waals surface area contributed by atoms with Crippen molar-refractivity contribution in [3.63, 3.8) is 0 Å². The standard InChI is InChI=1S/C20H24N4O4S/c1-14-6-9-17(13-21-14)22-19(25)20(26)24-12-4-3-5-18(24)15-7-10-16(11-8-15)23-29(2,27)28/h6-11,13,18,23H,3-5,12H2,1-2H3,(H,22,25)/t18-/m0/s1. The average Bonchev–Trinajstić information content (AvgIpc) is 2.68. The number of likely N-dealkylation sites (tertiary alicyclic amines) is 1. The minimum absolute atomic E-state index is 0.231. The maximum Gasteiger partial charge on any atom is 0.313 e. The second-order valence-corrected chi connectivity index (χ2v) is 8.90. The Hall–Kier alpha value is -2.94. The first-order chi connectivity index (χ1) is 13.7. The molecule has 1 atom stereocenters. The summed E-state index contributed by atoms with van der Waals surface area (Å²) in [5.41, 5.74) is 2.61. The van der Waals surface area contributed by atoms with Crippen molar-refractivity contribution >= 4 is 33.2 Å². The molecule has 1 fully saturated rings. The van der Waals surface area contributed by atoms with Gasteiger partial charge in [0.15, 0.2) is 0 Å². The molecule has 0 radical (unpaired) electrons. The first kappa shape index (κ1) is 20.8. The highest BCUT2D eigenvalue weighted by Gasteiger charge is 2.31. The van der Waals surface area contributed by atoms with Crippen molar-refractivity contribution in [2.24, 2.45) is 0 Å². The summed E-state index contributed by atoms with van der Waals surface area (Å²) in [6.45, 7) is 2.33. The van der Waals surface area contributed by atoms with Gasteiger partial charge in [-0.3, -0.25) is 19.3 Å². The first-order valence-electron chi connectivity index (χ1n) is 9.35. The smallest absolute Gasteiger partial charge is 0.313 e. The Bertz CT molecular complexity index is 988. The lowest BCUT2D eigenvalue weighted by Crippen LogP contribution is -2.44. The third-order valence-corrected chi connectivity index (χ3v) is 5.33. The summed E-state index contributed by atoms with van der Waals surface area (Å²) in [5, 5.41) is 2.60. The molecule has 2 N–H and O–H groups in total. The Kier molecular flexibility index (Phi) is 6.17. The van der Waals surface area contributed by atoms with Gasteiger partial charge in [0.25, 0.3) is 0 Å². The third-order valence-electron chi connectivity index (χ3n) is 4.73. The molecule has 29 heavy (non-hydrogen) atoms. The first-order valence-corrected chi connectivity index (χ1v) is 11.2. The molecule has 0 bridgehead atoms. The number of benzene rings is 1. The normalized spacial score (nSPS) is 16.9. The topological polar surface area (TPSA) is 108 Å². The molecule has 1 saturated heterocycles. The van der Waals surface area contributed by atoms with E-state index in [9.17, 15) is 18.0 Å². The third kappa shape index (κ3) is 5.54. The number of nitrogens with zero attached hydrogens (tertiary/aromatic N) is 2. The van der Waals surface area contributed by atoms with Gasteiger partial charge in [0.2, 0.25) is 10.0 Å². The molecule has 1 aromatic carbocycles. The number of nitrogens with one attached hydrogen (secondary N) is 2. The number of hydrogen-bond donors (Lipinski definition) is 2. The van der Waals surface area contributed by atoms with Crippen LogP contribution in [0.15, 0.2) is 42.6 Å². The van der Waals surface area contributed by atoms with Crippen LogP contribution in [-0.2, 0) is 19.6 Å². The van der Waals surface area contributed by atoms with E-state index in [-0.39, 0.29) is 6.04 Å². The van der Waals surface area contributed by atoms with Gasteiger partial charge >= 0.3 is 11.8 Å². The van der Waals surface area contributed by atoms with Gasteiger partial charge in [-0.2, -0.15) is 0 Å². The van der Waals surface area contributed by atoms with Crippen LogP contribution in [0.2, 0.25) is 0 Å². The molecule has 0 unspecified atom stereocenters. The average molecular weight is 417 g/mol. The molecule has 0 spiro atoms. The van der Waals surface area contributed by atoms with Crippen LogP contribution in [0.1, 0.15) is 36.6 Å². The molecule has 1 aromatic heterocycles. The highest BCUT2D eigenvalue weighted by atomic mass is 32.2. The lowest BCUT2D eigenvalue weighted by atomic mass is 9.95. The molecule has 3 rings (SSSR count). The van der Waals surface area contributed by atoms with Crippen LogP contribution in [0.25, 0.3) is 0 Å². The van der Waals surface area contributed by atoms with Gasteiger partial charge in [-0.25, -0.2) is 8.42 Å². The fraction of sp³-hybridized carbons (Fsp3) is 0.350. The van der Waals surface area contributed by atoms with E-state index in [0.717, 1.165) is 36.8 Å². The highest BCUT2D eigenvalue weighted by molar-refractivity contribution is 7.92. The number of carbonyl (C=O) groups excluding carboxylic acids is 2. The second-order valence-electron chi connectivity index (χ2n) is 7.15. The Morgan fingerprint density at radius 2 is 1.76 bits per heavy atom. The zero-order valence-electron chi connectivity index (χ0n) is 16.4. The maximum atomic E-state index is 12.8. The molecule has 8 nitrogen and oxygen atoms in total. The van der Waals surface area contributed by atoms with Gasteiger partial charge in [-0.1, -0.05) is 12.1 Å². The van der Waals surface area contributed by atoms with Gasteiger partial charge in [-0.15, -0.1) is 0 Å². The monoisotopic (exact) mass is 416 g/mol. The number of aromatic nitrogens is 1. The Balaban J connectivity index is 1.73. The number of anilines is 2.